The molecule has 0 radical (unpaired) electrons. The minimum atomic E-state index is 0.932. The van der Waals surface area contributed by atoms with Gasteiger partial charge in [0.2, 0.25) is 0 Å². The fraction of sp³-hybridized carbons (Fsp3) is 0.211. The van der Waals surface area contributed by atoms with Crippen molar-refractivity contribution in [3.8, 4) is 11.1 Å². The fourth-order valence-electron chi connectivity index (χ4n) is 2.55. The number of fused-ring (bicyclic) bond motifs is 1. The first kappa shape index (κ1) is 13.8. The molecule has 0 saturated heterocycles. The van der Waals surface area contributed by atoms with Crippen molar-refractivity contribution in [1.82, 2.24) is 10.3 Å². The van der Waals surface area contributed by atoms with Crippen LogP contribution in [0.3, 0.4) is 0 Å². The molecule has 0 saturated carbocycles. The number of benzene rings is 2. The second kappa shape index (κ2) is 6.51. The molecule has 2 aromatic carbocycles. The third-order valence-electron chi connectivity index (χ3n) is 3.65. The van der Waals surface area contributed by atoms with E-state index >= 15 is 0 Å². The lowest BCUT2D eigenvalue weighted by atomic mass is 10.0. The van der Waals surface area contributed by atoms with E-state index in [0.29, 0.717) is 0 Å². The Morgan fingerprint density at radius 3 is 2.57 bits per heavy atom. The van der Waals surface area contributed by atoms with E-state index in [4.69, 9.17) is 0 Å². The van der Waals surface area contributed by atoms with Gasteiger partial charge in [-0.15, -0.1) is 0 Å². The van der Waals surface area contributed by atoms with Crippen LogP contribution in [0.4, 0.5) is 0 Å². The zero-order valence-corrected chi connectivity index (χ0v) is 12.3. The maximum absolute atomic E-state index is 4.53. The van der Waals surface area contributed by atoms with Gasteiger partial charge in [0.1, 0.15) is 0 Å². The number of rotatable bonds is 5. The lowest BCUT2D eigenvalue weighted by Crippen LogP contribution is -2.13. The van der Waals surface area contributed by atoms with Crippen LogP contribution in [0.5, 0.6) is 0 Å². The SMILES string of the molecule is CCCNCc1ccc(-c2cccc3cccnc23)cc1. The average molecular weight is 276 g/mol. The summed E-state index contributed by atoms with van der Waals surface area (Å²) in [6.07, 6.45) is 3.02. The lowest BCUT2D eigenvalue weighted by molar-refractivity contribution is 0.675. The normalized spacial score (nSPS) is 10.9. The minimum absolute atomic E-state index is 0.932. The molecule has 3 rings (SSSR count). The van der Waals surface area contributed by atoms with Crippen molar-refractivity contribution >= 4 is 10.9 Å². The van der Waals surface area contributed by atoms with Gasteiger partial charge in [-0.25, -0.2) is 0 Å². The van der Waals surface area contributed by atoms with Crippen molar-refractivity contribution in [3.63, 3.8) is 0 Å². The van der Waals surface area contributed by atoms with E-state index in [1.807, 2.05) is 12.3 Å². The predicted octanol–water partition coefficient (Wildman–Crippen LogP) is 4.40. The van der Waals surface area contributed by atoms with Crippen molar-refractivity contribution in [2.75, 3.05) is 6.54 Å². The smallest absolute Gasteiger partial charge is 0.0780 e. The van der Waals surface area contributed by atoms with E-state index in [-0.39, 0.29) is 0 Å². The van der Waals surface area contributed by atoms with E-state index in [9.17, 15) is 0 Å². The highest BCUT2D eigenvalue weighted by Crippen LogP contribution is 2.27. The van der Waals surface area contributed by atoms with Gasteiger partial charge in [-0.05, 0) is 30.2 Å². The highest BCUT2D eigenvalue weighted by atomic mass is 14.8. The average Bonchev–Trinajstić information content (AvgIpc) is 2.55. The molecule has 2 nitrogen and oxygen atoms in total. The summed E-state index contributed by atoms with van der Waals surface area (Å²) in [6, 6.07) is 19.2. The quantitative estimate of drug-likeness (QED) is 0.699. The van der Waals surface area contributed by atoms with Crippen LogP contribution in [-0.4, -0.2) is 11.5 Å². The Morgan fingerprint density at radius 1 is 0.952 bits per heavy atom. The van der Waals surface area contributed by atoms with Crippen LogP contribution < -0.4 is 5.32 Å². The first-order chi connectivity index (χ1) is 10.4. The largest absolute Gasteiger partial charge is 0.313 e. The minimum Gasteiger partial charge on any atom is -0.313 e. The van der Waals surface area contributed by atoms with E-state index in [2.05, 4.69) is 65.8 Å². The summed E-state index contributed by atoms with van der Waals surface area (Å²) in [5.74, 6) is 0. The Kier molecular flexibility index (Phi) is 4.27. The summed E-state index contributed by atoms with van der Waals surface area (Å²) in [5.41, 5.74) is 4.80. The molecule has 1 N–H and O–H groups in total. The van der Waals surface area contributed by atoms with Crippen molar-refractivity contribution in [1.29, 1.82) is 0 Å². The molecule has 0 aliphatic carbocycles. The second-order valence-electron chi connectivity index (χ2n) is 5.25. The van der Waals surface area contributed by atoms with Crippen molar-refractivity contribution in [3.05, 3.63) is 66.4 Å². The van der Waals surface area contributed by atoms with E-state index in [0.717, 1.165) is 18.6 Å². The Bertz CT molecular complexity index is 712. The molecular formula is C19H20N2. The second-order valence-corrected chi connectivity index (χ2v) is 5.25. The van der Waals surface area contributed by atoms with Gasteiger partial charge in [-0.2, -0.15) is 0 Å². The monoisotopic (exact) mass is 276 g/mol. The Morgan fingerprint density at radius 2 is 1.76 bits per heavy atom. The van der Waals surface area contributed by atoms with E-state index in [1.165, 1.54) is 28.5 Å². The number of aromatic nitrogens is 1. The zero-order valence-electron chi connectivity index (χ0n) is 12.3. The van der Waals surface area contributed by atoms with Gasteiger partial charge < -0.3 is 5.32 Å². The number of pyridine rings is 1. The van der Waals surface area contributed by atoms with Crippen LogP contribution in [-0.2, 0) is 6.54 Å². The van der Waals surface area contributed by atoms with Crippen molar-refractivity contribution in [2.45, 2.75) is 19.9 Å². The molecule has 0 fully saturated rings. The molecule has 3 aromatic rings. The first-order valence-electron chi connectivity index (χ1n) is 7.52. The lowest BCUT2D eigenvalue weighted by Gasteiger charge is -2.08. The number of nitrogens with one attached hydrogen (secondary N) is 1. The molecule has 0 bridgehead atoms. The molecule has 106 valence electrons. The van der Waals surface area contributed by atoms with Gasteiger partial charge in [0.05, 0.1) is 5.52 Å². The van der Waals surface area contributed by atoms with Crippen LogP contribution in [0.25, 0.3) is 22.0 Å². The highest BCUT2D eigenvalue weighted by molar-refractivity contribution is 5.93. The fourth-order valence-corrected chi connectivity index (χ4v) is 2.55. The van der Waals surface area contributed by atoms with Crippen molar-refractivity contribution in [2.24, 2.45) is 0 Å². The van der Waals surface area contributed by atoms with Gasteiger partial charge in [0, 0.05) is 23.7 Å². The topological polar surface area (TPSA) is 24.9 Å². The van der Waals surface area contributed by atoms with Gasteiger partial charge in [-0.3, -0.25) is 4.98 Å². The van der Waals surface area contributed by atoms with Crippen LogP contribution in [0.2, 0.25) is 0 Å². The number of hydrogen-bond donors (Lipinski definition) is 1. The molecule has 0 unspecified atom stereocenters. The maximum atomic E-state index is 4.53. The Hall–Kier alpha value is -2.19. The number of hydrogen-bond acceptors (Lipinski definition) is 2. The molecule has 0 aliphatic rings. The number of para-hydroxylation sites is 1. The molecule has 0 atom stereocenters. The Labute approximate surface area is 125 Å². The number of nitrogens with zero attached hydrogens (tertiary/aromatic N) is 1. The van der Waals surface area contributed by atoms with Crippen LogP contribution in [0.1, 0.15) is 18.9 Å². The summed E-state index contributed by atoms with van der Waals surface area (Å²) in [5, 5.41) is 4.61. The molecule has 0 amide bonds. The van der Waals surface area contributed by atoms with E-state index in [1.54, 1.807) is 0 Å². The van der Waals surface area contributed by atoms with Gasteiger partial charge >= 0.3 is 0 Å². The molecule has 0 aliphatic heterocycles. The standard InChI is InChI=1S/C19H20N2/c1-2-12-20-14-15-8-10-16(11-9-15)18-7-3-5-17-6-4-13-21-19(17)18/h3-11,13,20H,2,12,14H2,1H3. The van der Waals surface area contributed by atoms with Gasteiger partial charge in [0.15, 0.2) is 0 Å². The molecular weight excluding hydrogens is 256 g/mol. The summed E-state index contributed by atoms with van der Waals surface area (Å²) in [7, 11) is 0. The molecule has 1 aromatic heterocycles. The zero-order chi connectivity index (χ0) is 14.5. The molecule has 2 heteroatoms. The first-order valence-corrected chi connectivity index (χ1v) is 7.52. The third kappa shape index (κ3) is 3.11. The van der Waals surface area contributed by atoms with E-state index < -0.39 is 0 Å². The highest BCUT2D eigenvalue weighted by Gasteiger charge is 2.04. The van der Waals surface area contributed by atoms with Gasteiger partial charge in [-0.1, -0.05) is 55.5 Å². The Balaban J connectivity index is 1.89. The molecule has 0 spiro atoms. The summed E-state index contributed by atoms with van der Waals surface area (Å²) < 4.78 is 0. The summed E-state index contributed by atoms with van der Waals surface area (Å²) in [6.45, 7) is 4.18. The third-order valence-corrected chi connectivity index (χ3v) is 3.65. The predicted molar refractivity (Wildman–Crippen MR) is 89.2 cm³/mol. The van der Waals surface area contributed by atoms with Crippen molar-refractivity contribution < 1.29 is 0 Å². The summed E-state index contributed by atoms with van der Waals surface area (Å²) in [4.78, 5) is 4.53. The maximum Gasteiger partial charge on any atom is 0.0780 e. The van der Waals surface area contributed by atoms with Gasteiger partial charge in [0.25, 0.3) is 0 Å². The summed E-state index contributed by atoms with van der Waals surface area (Å²) >= 11 is 0. The molecule has 1 heterocycles. The van der Waals surface area contributed by atoms with Crippen LogP contribution in [0, 0.1) is 0 Å². The van der Waals surface area contributed by atoms with Crippen LogP contribution in [0.15, 0.2) is 60.8 Å². The molecule has 21 heavy (non-hydrogen) atoms. The van der Waals surface area contributed by atoms with Crippen LogP contribution >= 0.6 is 0 Å².